The third-order valence-corrected chi connectivity index (χ3v) is 6.12. The molecule has 2 aromatic rings. The van der Waals surface area contributed by atoms with E-state index in [1.54, 1.807) is 10.6 Å². The van der Waals surface area contributed by atoms with Crippen molar-refractivity contribution in [3.63, 3.8) is 0 Å². The van der Waals surface area contributed by atoms with E-state index in [1.807, 2.05) is 30.5 Å². The minimum Gasteiger partial charge on any atom is -0.368 e. The van der Waals surface area contributed by atoms with E-state index in [0.29, 0.717) is 45.5 Å². The molecule has 0 radical (unpaired) electrons. The number of thiophene rings is 1. The van der Waals surface area contributed by atoms with E-state index in [0.717, 1.165) is 5.57 Å². The molecule has 0 spiro atoms. The maximum Gasteiger partial charge on any atom is 0.272 e. The Morgan fingerprint density at radius 2 is 2.26 bits per heavy atom. The number of nitrogens with zero attached hydrogens (tertiary/aromatic N) is 2. The van der Waals surface area contributed by atoms with Gasteiger partial charge in [0.15, 0.2) is 11.4 Å². The Morgan fingerprint density at radius 1 is 1.48 bits per heavy atom. The second-order valence-corrected chi connectivity index (χ2v) is 8.16. The average Bonchev–Trinajstić information content (AvgIpc) is 3.11. The van der Waals surface area contributed by atoms with Gasteiger partial charge in [-0.2, -0.15) is 0 Å². The predicted molar refractivity (Wildman–Crippen MR) is 115 cm³/mol. The third-order valence-electron chi connectivity index (χ3n) is 3.77. The fourth-order valence-electron chi connectivity index (χ4n) is 2.35. The number of halogens is 1. The van der Waals surface area contributed by atoms with Gasteiger partial charge in [0.05, 0.1) is 5.52 Å². The molecule has 5 nitrogen and oxygen atoms in total. The van der Waals surface area contributed by atoms with Gasteiger partial charge in [-0.3, -0.25) is 9.36 Å². The summed E-state index contributed by atoms with van der Waals surface area (Å²) in [5.74, 6) is 0.518. The molecule has 0 atom stereocenters. The van der Waals surface area contributed by atoms with Crippen LogP contribution in [0.3, 0.4) is 0 Å². The van der Waals surface area contributed by atoms with Crippen molar-refractivity contribution < 1.29 is 10.2 Å². The Morgan fingerprint density at radius 3 is 2.96 bits per heavy atom. The summed E-state index contributed by atoms with van der Waals surface area (Å²) in [5.41, 5.74) is 1.38. The van der Waals surface area contributed by atoms with Gasteiger partial charge in [0.1, 0.15) is 4.70 Å². The van der Waals surface area contributed by atoms with Crippen LogP contribution < -0.4 is 5.56 Å². The molecule has 27 heavy (non-hydrogen) atoms. The highest BCUT2D eigenvalue weighted by atomic mass is 35.5. The van der Waals surface area contributed by atoms with Crippen LogP contribution in [-0.4, -0.2) is 31.8 Å². The first-order valence-electron chi connectivity index (χ1n) is 8.57. The first-order valence-corrected chi connectivity index (χ1v) is 10.8. The summed E-state index contributed by atoms with van der Waals surface area (Å²) in [4.78, 5) is 17.4. The first kappa shape index (κ1) is 21.9. The summed E-state index contributed by atoms with van der Waals surface area (Å²) >= 11 is 9.02. The molecule has 146 valence electrons. The van der Waals surface area contributed by atoms with Crippen molar-refractivity contribution in [2.75, 3.05) is 5.75 Å². The summed E-state index contributed by atoms with van der Waals surface area (Å²) in [7, 11) is 0. The number of fused-ring (bicyclic) bond motifs is 1. The van der Waals surface area contributed by atoms with Crippen molar-refractivity contribution in [2.24, 2.45) is 0 Å². The van der Waals surface area contributed by atoms with Crippen molar-refractivity contribution in [1.29, 1.82) is 0 Å². The molecule has 8 heteroatoms. The van der Waals surface area contributed by atoms with Gasteiger partial charge in [-0.1, -0.05) is 42.1 Å². The van der Waals surface area contributed by atoms with E-state index in [1.165, 1.54) is 23.1 Å². The molecule has 0 amide bonds. The number of hydrogen-bond acceptors (Lipinski definition) is 6. The molecule has 2 N–H and O–H groups in total. The standard InChI is InChI=1S/C19H23ClN2O3S2/c1-3-4-7-14(20)13(2)12-27-19-21-15-9-11-26-17(15)18(25)22(19)10-6-5-8-16(23)24/h3-4,7,9,11,16,23-24H,2,5-6,8,10,12H2,1H3/b4-3-,14-7+. The Balaban J connectivity index is 2.19. The topological polar surface area (TPSA) is 75.4 Å². The number of allylic oxidation sites excluding steroid dienone is 4. The van der Waals surface area contributed by atoms with Crippen LogP contribution in [0, 0.1) is 0 Å². The van der Waals surface area contributed by atoms with Gasteiger partial charge in [-0.05, 0) is 49.3 Å². The van der Waals surface area contributed by atoms with E-state index >= 15 is 0 Å². The molecule has 0 saturated carbocycles. The minimum atomic E-state index is -1.32. The van der Waals surface area contributed by atoms with Crippen molar-refractivity contribution in [3.8, 4) is 0 Å². The highest BCUT2D eigenvalue weighted by Crippen LogP contribution is 2.25. The molecule has 0 saturated heterocycles. The molecule has 0 aromatic carbocycles. The molecule has 0 aliphatic heterocycles. The highest BCUT2D eigenvalue weighted by molar-refractivity contribution is 7.99. The molecule has 0 aliphatic carbocycles. The van der Waals surface area contributed by atoms with Crippen LogP contribution >= 0.6 is 34.7 Å². The zero-order valence-corrected chi connectivity index (χ0v) is 17.5. The SMILES string of the molecule is C=C(CSc1nc2ccsc2c(=O)n1CCCCC(O)O)/C(Cl)=C\C=C/C. The average molecular weight is 427 g/mol. The highest BCUT2D eigenvalue weighted by Gasteiger charge is 2.13. The summed E-state index contributed by atoms with van der Waals surface area (Å²) < 4.78 is 2.29. The smallest absolute Gasteiger partial charge is 0.272 e. The van der Waals surface area contributed by atoms with Crippen LogP contribution in [-0.2, 0) is 6.54 Å². The Kier molecular flexibility index (Phi) is 8.79. The Hall–Kier alpha value is -1.38. The second kappa shape index (κ2) is 10.8. The van der Waals surface area contributed by atoms with Crippen LogP contribution in [0.25, 0.3) is 10.2 Å². The lowest BCUT2D eigenvalue weighted by Crippen LogP contribution is -2.23. The Labute approximate surface area is 171 Å². The molecule has 2 heterocycles. The maximum atomic E-state index is 12.8. The zero-order chi connectivity index (χ0) is 19.8. The molecule has 0 fully saturated rings. The molecule has 2 rings (SSSR count). The monoisotopic (exact) mass is 426 g/mol. The number of aliphatic hydroxyl groups is 2. The molecular weight excluding hydrogens is 404 g/mol. The number of thioether (sulfide) groups is 1. The summed E-state index contributed by atoms with van der Waals surface area (Å²) in [6.45, 7) is 6.38. The number of unbranched alkanes of at least 4 members (excludes halogenated alkanes) is 1. The van der Waals surface area contributed by atoms with Gasteiger partial charge in [-0.15, -0.1) is 11.3 Å². The van der Waals surface area contributed by atoms with E-state index in [4.69, 9.17) is 21.8 Å². The van der Waals surface area contributed by atoms with Gasteiger partial charge in [0.25, 0.3) is 5.56 Å². The van der Waals surface area contributed by atoms with Gasteiger partial charge in [0, 0.05) is 17.3 Å². The molecule has 2 aromatic heterocycles. The minimum absolute atomic E-state index is 0.0665. The fourth-order valence-corrected chi connectivity index (χ4v) is 4.30. The largest absolute Gasteiger partial charge is 0.368 e. The summed E-state index contributed by atoms with van der Waals surface area (Å²) in [6, 6.07) is 1.84. The Bertz CT molecular complexity index is 900. The van der Waals surface area contributed by atoms with Gasteiger partial charge < -0.3 is 10.2 Å². The van der Waals surface area contributed by atoms with E-state index in [-0.39, 0.29) is 12.0 Å². The number of hydrogen-bond donors (Lipinski definition) is 2. The van der Waals surface area contributed by atoms with Crippen LogP contribution in [0.2, 0.25) is 0 Å². The molecule has 0 unspecified atom stereocenters. The van der Waals surface area contributed by atoms with Crippen LogP contribution in [0.1, 0.15) is 26.2 Å². The lowest BCUT2D eigenvalue weighted by Gasteiger charge is -2.13. The summed E-state index contributed by atoms with van der Waals surface area (Å²) in [6.07, 6.45) is 5.76. The lowest BCUT2D eigenvalue weighted by molar-refractivity contribution is -0.0466. The predicted octanol–water partition coefficient (Wildman–Crippen LogP) is 4.29. The quantitative estimate of drug-likeness (QED) is 0.195. The van der Waals surface area contributed by atoms with Gasteiger partial charge in [0.2, 0.25) is 0 Å². The van der Waals surface area contributed by atoms with Crippen molar-refractivity contribution in [3.05, 3.63) is 57.2 Å². The first-order chi connectivity index (χ1) is 12.9. The summed E-state index contributed by atoms with van der Waals surface area (Å²) in [5, 5.41) is 21.0. The van der Waals surface area contributed by atoms with Crippen LogP contribution in [0.15, 0.2) is 56.8 Å². The third kappa shape index (κ3) is 6.33. The molecule has 0 aliphatic rings. The maximum absolute atomic E-state index is 12.8. The van der Waals surface area contributed by atoms with Gasteiger partial charge in [-0.25, -0.2) is 4.98 Å². The lowest BCUT2D eigenvalue weighted by atomic mass is 10.2. The van der Waals surface area contributed by atoms with Crippen molar-refractivity contribution in [2.45, 2.75) is 44.2 Å². The number of rotatable bonds is 10. The van der Waals surface area contributed by atoms with E-state index in [9.17, 15) is 4.79 Å². The van der Waals surface area contributed by atoms with Crippen LogP contribution in [0.4, 0.5) is 0 Å². The molecule has 0 bridgehead atoms. The normalized spacial score (nSPS) is 12.6. The number of aromatic nitrogens is 2. The molecular formula is C19H23ClN2O3S2. The fraction of sp³-hybridized carbons (Fsp3) is 0.368. The van der Waals surface area contributed by atoms with Crippen molar-refractivity contribution in [1.82, 2.24) is 9.55 Å². The van der Waals surface area contributed by atoms with Gasteiger partial charge >= 0.3 is 0 Å². The van der Waals surface area contributed by atoms with Crippen molar-refractivity contribution >= 4 is 44.9 Å². The number of aliphatic hydroxyl groups excluding tert-OH is 1. The van der Waals surface area contributed by atoms with E-state index in [2.05, 4.69) is 11.6 Å². The van der Waals surface area contributed by atoms with Crippen LogP contribution in [0.5, 0.6) is 0 Å². The zero-order valence-electron chi connectivity index (χ0n) is 15.1. The van der Waals surface area contributed by atoms with E-state index < -0.39 is 6.29 Å². The second-order valence-electron chi connectivity index (χ2n) is 5.90.